The van der Waals surface area contributed by atoms with Crippen LogP contribution in [0.1, 0.15) is 116 Å². The molecule has 1 aromatic heterocycles. The maximum absolute atomic E-state index is 12.0. The summed E-state index contributed by atoms with van der Waals surface area (Å²) in [6.45, 7) is 2.01. The Morgan fingerprint density at radius 3 is 1.97 bits per heavy atom. The number of aromatic nitrogens is 3. The molecular weight excluding hydrogens is 466 g/mol. The van der Waals surface area contributed by atoms with Crippen LogP contribution < -0.4 is 11.2 Å². The van der Waals surface area contributed by atoms with Crippen molar-refractivity contribution >= 4 is 5.97 Å². The lowest BCUT2D eigenvalue weighted by molar-refractivity contribution is -0.150. The maximum atomic E-state index is 12.0. The van der Waals surface area contributed by atoms with Gasteiger partial charge in [-0.3, -0.25) is 14.6 Å². The molecule has 3 N–H and O–H groups in total. The predicted molar refractivity (Wildman–Crippen MR) is 136 cm³/mol. The number of unbranched alkanes of at least 4 members (excludes halogenated alkanes) is 14. The van der Waals surface area contributed by atoms with E-state index in [1.54, 1.807) is 0 Å². The van der Waals surface area contributed by atoms with Gasteiger partial charge in [-0.25, -0.2) is 4.79 Å². The summed E-state index contributed by atoms with van der Waals surface area (Å²) >= 11 is 0. The summed E-state index contributed by atoms with van der Waals surface area (Å²) in [6.07, 6.45) is 14.8. The van der Waals surface area contributed by atoms with Crippen LogP contribution in [0.3, 0.4) is 0 Å². The van der Waals surface area contributed by atoms with Gasteiger partial charge in [0.1, 0.15) is 31.1 Å². The smallest absolute Gasteiger partial charge is 0.347 e. The Hall–Kier alpha value is -2.04. The van der Waals surface area contributed by atoms with E-state index < -0.39 is 41.8 Å². The van der Waals surface area contributed by atoms with Crippen molar-refractivity contribution in [1.29, 1.82) is 0 Å². The van der Waals surface area contributed by atoms with Crippen LogP contribution in [0.5, 0.6) is 0 Å². The largest absolute Gasteiger partial charge is 0.463 e. The van der Waals surface area contributed by atoms with Gasteiger partial charge in [0.25, 0.3) is 5.56 Å². The van der Waals surface area contributed by atoms with Crippen LogP contribution in [-0.2, 0) is 14.3 Å². The van der Waals surface area contributed by atoms with Crippen molar-refractivity contribution in [3.63, 3.8) is 0 Å². The molecular formula is C26H45N3O7. The Labute approximate surface area is 213 Å². The number of ether oxygens (including phenoxy) is 2. The van der Waals surface area contributed by atoms with Crippen LogP contribution in [0, 0.1) is 0 Å². The third-order valence-electron chi connectivity index (χ3n) is 6.71. The van der Waals surface area contributed by atoms with Crippen LogP contribution >= 0.6 is 0 Å². The summed E-state index contributed by atoms with van der Waals surface area (Å²) in [5, 5.41) is 24.0. The lowest BCUT2D eigenvalue weighted by atomic mass is 10.0. The number of nitrogens with one attached hydrogen (secondary N) is 1. The molecule has 0 bridgehead atoms. The summed E-state index contributed by atoms with van der Waals surface area (Å²) in [6, 6.07) is 0. The van der Waals surface area contributed by atoms with Crippen LogP contribution in [0.2, 0.25) is 0 Å². The molecule has 0 aromatic carbocycles. The van der Waals surface area contributed by atoms with Crippen molar-refractivity contribution in [2.75, 3.05) is 6.61 Å². The number of nitrogens with zero attached hydrogens (tertiary/aromatic N) is 2. The third kappa shape index (κ3) is 10.9. The van der Waals surface area contributed by atoms with Gasteiger partial charge in [0.05, 0.1) is 0 Å². The first-order valence-corrected chi connectivity index (χ1v) is 13.8. The van der Waals surface area contributed by atoms with Gasteiger partial charge in [-0.2, -0.15) is 9.78 Å². The Kier molecular flexibility index (Phi) is 14.6. The van der Waals surface area contributed by atoms with Crippen molar-refractivity contribution in [3.8, 4) is 0 Å². The fraction of sp³-hybridized carbons (Fsp3) is 0.846. The minimum absolute atomic E-state index is 0.246. The number of carbonyl (C=O) groups excluding carboxylic acids is 1. The van der Waals surface area contributed by atoms with Gasteiger partial charge in [-0.15, -0.1) is 0 Å². The standard InChI is InChI=1S/C26H45N3O7/c1-2-3-4-5-6-7-8-9-10-11-12-13-14-15-16-17-22(31)35-19-20-23(32)24(33)25(36-20)29-26(34)28-21(30)18-27-29/h18,20,23-25,32-33H,2-17,19H2,1H3,(H,28,30,34). The van der Waals surface area contributed by atoms with Crippen molar-refractivity contribution in [2.24, 2.45) is 0 Å². The number of rotatable bonds is 19. The molecule has 1 saturated heterocycles. The molecule has 0 spiro atoms. The number of hydrogen-bond donors (Lipinski definition) is 3. The Bertz CT molecular complexity index is 856. The fourth-order valence-electron chi connectivity index (χ4n) is 4.50. The van der Waals surface area contributed by atoms with E-state index in [1.165, 1.54) is 77.0 Å². The molecule has 0 aliphatic carbocycles. The minimum Gasteiger partial charge on any atom is -0.463 e. The Balaban J connectivity index is 1.47. The van der Waals surface area contributed by atoms with Gasteiger partial charge in [0, 0.05) is 6.42 Å². The zero-order valence-corrected chi connectivity index (χ0v) is 21.7. The van der Waals surface area contributed by atoms with Crippen LogP contribution in [0.4, 0.5) is 0 Å². The van der Waals surface area contributed by atoms with E-state index >= 15 is 0 Å². The highest BCUT2D eigenvalue weighted by atomic mass is 16.6. The number of aliphatic hydroxyl groups is 2. The van der Waals surface area contributed by atoms with Crippen LogP contribution in [0.25, 0.3) is 0 Å². The van der Waals surface area contributed by atoms with E-state index in [0.717, 1.165) is 30.1 Å². The molecule has 1 aromatic rings. The number of H-pyrrole nitrogens is 1. The zero-order chi connectivity index (χ0) is 26.2. The van der Waals surface area contributed by atoms with Crippen molar-refractivity contribution in [2.45, 2.75) is 134 Å². The van der Waals surface area contributed by atoms with Crippen molar-refractivity contribution in [3.05, 3.63) is 27.0 Å². The van der Waals surface area contributed by atoms with Gasteiger partial charge < -0.3 is 19.7 Å². The van der Waals surface area contributed by atoms with Crippen LogP contribution in [-0.4, -0.2) is 55.9 Å². The third-order valence-corrected chi connectivity index (χ3v) is 6.71. The minimum atomic E-state index is -1.46. The molecule has 2 rings (SSSR count). The molecule has 0 amide bonds. The topological polar surface area (TPSA) is 144 Å². The molecule has 0 saturated carbocycles. The zero-order valence-electron chi connectivity index (χ0n) is 21.7. The van der Waals surface area contributed by atoms with E-state index in [0.29, 0.717) is 0 Å². The van der Waals surface area contributed by atoms with E-state index in [9.17, 15) is 24.6 Å². The molecule has 36 heavy (non-hydrogen) atoms. The Morgan fingerprint density at radius 2 is 1.44 bits per heavy atom. The highest BCUT2D eigenvalue weighted by Gasteiger charge is 2.45. The first-order valence-electron chi connectivity index (χ1n) is 13.8. The summed E-state index contributed by atoms with van der Waals surface area (Å²) in [7, 11) is 0. The number of aliphatic hydroxyl groups excluding tert-OH is 2. The van der Waals surface area contributed by atoms with E-state index in [4.69, 9.17) is 9.47 Å². The van der Waals surface area contributed by atoms with Gasteiger partial charge in [-0.1, -0.05) is 96.8 Å². The molecule has 1 aliphatic rings. The predicted octanol–water partition coefficient (Wildman–Crippen LogP) is 3.36. The second-order valence-corrected chi connectivity index (χ2v) is 9.81. The number of carbonyl (C=O) groups is 1. The van der Waals surface area contributed by atoms with Gasteiger partial charge in [0.2, 0.25) is 0 Å². The van der Waals surface area contributed by atoms with E-state index in [1.807, 2.05) is 4.98 Å². The average Bonchev–Trinajstić information content (AvgIpc) is 3.13. The van der Waals surface area contributed by atoms with Crippen molar-refractivity contribution in [1.82, 2.24) is 14.8 Å². The maximum Gasteiger partial charge on any atom is 0.347 e. The molecule has 10 nitrogen and oxygen atoms in total. The second kappa shape index (κ2) is 17.4. The quantitative estimate of drug-likeness (QED) is 0.189. The van der Waals surface area contributed by atoms with Crippen molar-refractivity contribution < 1.29 is 24.5 Å². The monoisotopic (exact) mass is 511 g/mol. The molecule has 1 aliphatic heterocycles. The molecule has 0 radical (unpaired) electrons. The first kappa shape index (κ1) is 30.2. The van der Waals surface area contributed by atoms with Gasteiger partial charge in [-0.05, 0) is 6.42 Å². The number of esters is 1. The molecule has 4 atom stereocenters. The highest BCUT2D eigenvalue weighted by molar-refractivity contribution is 5.69. The van der Waals surface area contributed by atoms with Crippen LogP contribution in [0.15, 0.2) is 15.8 Å². The first-order chi connectivity index (χ1) is 17.4. The lowest BCUT2D eigenvalue weighted by Gasteiger charge is -2.15. The molecule has 1 fully saturated rings. The number of hydrogen-bond acceptors (Lipinski definition) is 8. The van der Waals surface area contributed by atoms with Gasteiger partial charge in [0.15, 0.2) is 6.23 Å². The Morgan fingerprint density at radius 1 is 0.917 bits per heavy atom. The summed E-state index contributed by atoms with van der Waals surface area (Å²) in [4.78, 5) is 37.1. The number of aromatic amines is 1. The summed E-state index contributed by atoms with van der Waals surface area (Å²) < 4.78 is 11.4. The normalized spacial score (nSPS) is 21.6. The lowest BCUT2D eigenvalue weighted by Crippen LogP contribution is -2.39. The molecule has 2 heterocycles. The summed E-state index contributed by atoms with van der Waals surface area (Å²) in [5.41, 5.74) is -1.56. The molecule has 206 valence electrons. The second-order valence-electron chi connectivity index (χ2n) is 9.81. The highest BCUT2D eigenvalue weighted by Crippen LogP contribution is 2.28. The summed E-state index contributed by atoms with van der Waals surface area (Å²) in [5.74, 6) is -0.391. The van der Waals surface area contributed by atoms with E-state index in [-0.39, 0.29) is 13.0 Å². The fourth-order valence-corrected chi connectivity index (χ4v) is 4.50. The van der Waals surface area contributed by atoms with Gasteiger partial charge >= 0.3 is 11.7 Å². The SMILES string of the molecule is CCCCCCCCCCCCCCCCCC(=O)OCC1OC(n2ncc(=O)[nH]c2=O)C(O)C1O. The molecule has 10 heteroatoms. The molecule has 4 unspecified atom stereocenters. The van der Waals surface area contributed by atoms with E-state index in [2.05, 4.69) is 12.0 Å². The average molecular weight is 512 g/mol.